The Morgan fingerprint density at radius 2 is 1.27 bits per heavy atom. The third-order valence-electron chi connectivity index (χ3n) is 6.50. The van der Waals surface area contributed by atoms with Crippen LogP contribution in [0.15, 0.2) is 0 Å². The van der Waals surface area contributed by atoms with E-state index < -0.39 is 11.2 Å². The van der Waals surface area contributed by atoms with Gasteiger partial charge in [0.25, 0.3) is 0 Å². The van der Waals surface area contributed by atoms with Crippen molar-refractivity contribution in [2.45, 2.75) is 110 Å². The van der Waals surface area contributed by atoms with Crippen LogP contribution in [0, 0.1) is 0 Å². The van der Waals surface area contributed by atoms with Crippen LogP contribution in [0.1, 0.15) is 87.0 Å². The predicted molar refractivity (Wildman–Crippen MR) is 141 cm³/mol. The fourth-order valence-electron chi connectivity index (χ4n) is 4.45. The van der Waals surface area contributed by atoms with Gasteiger partial charge in [-0.25, -0.2) is 9.59 Å². The third kappa shape index (κ3) is 11.3. The maximum Gasteiger partial charge on any atom is 0.410 e. The molecule has 0 aliphatic carbocycles. The lowest BCUT2D eigenvalue weighted by molar-refractivity contribution is -0.144. The minimum absolute atomic E-state index is 0.207. The van der Waals surface area contributed by atoms with Crippen LogP contribution in [0.25, 0.3) is 0 Å². The summed E-state index contributed by atoms with van der Waals surface area (Å²) in [5, 5.41) is 3.36. The van der Waals surface area contributed by atoms with Gasteiger partial charge in [0.15, 0.2) is 0 Å². The molecule has 3 aliphatic rings. The molecule has 0 unspecified atom stereocenters. The molecule has 0 radical (unpaired) electrons. The molecule has 0 aromatic heterocycles. The quantitative estimate of drug-likeness (QED) is 0.548. The molecule has 3 fully saturated rings. The number of amides is 3. The Labute approximate surface area is 222 Å². The van der Waals surface area contributed by atoms with Crippen molar-refractivity contribution in [3.05, 3.63) is 0 Å². The molecule has 3 amide bonds. The van der Waals surface area contributed by atoms with Crippen LogP contribution in [0.3, 0.4) is 0 Å². The molecule has 0 aromatic carbocycles. The molecule has 3 aliphatic heterocycles. The second-order valence-corrected chi connectivity index (χ2v) is 12.2. The monoisotopic (exact) mass is 524 g/mol. The summed E-state index contributed by atoms with van der Waals surface area (Å²) in [5.74, 6) is 0.462. The zero-order valence-electron chi connectivity index (χ0n) is 23.9. The van der Waals surface area contributed by atoms with E-state index in [1.807, 2.05) is 46.4 Å². The summed E-state index contributed by atoms with van der Waals surface area (Å²) in [4.78, 5) is 51.4. The Morgan fingerprint density at radius 1 is 0.811 bits per heavy atom. The normalized spacial score (nSPS) is 19.5. The summed E-state index contributed by atoms with van der Waals surface area (Å²) in [7, 11) is 0. The lowest BCUT2D eigenvalue weighted by Crippen LogP contribution is -2.54. The number of carbonyl (C=O) groups excluding carboxylic acids is 4. The number of Topliss-reactive ketones (excluding diaryl/α,β-unsaturated/α-hetero) is 1. The number of hydrogen-bond acceptors (Lipinski definition) is 7. The van der Waals surface area contributed by atoms with E-state index in [4.69, 9.17) is 9.47 Å². The maximum absolute atomic E-state index is 11.9. The molecular formula is C27H48N4O6. The van der Waals surface area contributed by atoms with Crippen molar-refractivity contribution in [3.8, 4) is 0 Å². The zero-order chi connectivity index (χ0) is 27.8. The molecule has 0 spiro atoms. The predicted octanol–water partition coefficient (Wildman–Crippen LogP) is 3.57. The van der Waals surface area contributed by atoms with E-state index in [1.54, 1.807) is 16.7 Å². The van der Waals surface area contributed by atoms with Crippen molar-refractivity contribution in [1.82, 2.24) is 20.0 Å². The molecule has 10 nitrogen and oxygen atoms in total. The van der Waals surface area contributed by atoms with Gasteiger partial charge in [0.05, 0.1) is 0 Å². The first-order valence-electron chi connectivity index (χ1n) is 13.6. The number of nitrogens with one attached hydrogen (secondary N) is 1. The molecule has 3 rings (SSSR count). The first-order chi connectivity index (χ1) is 17.1. The number of hydrogen-bond donors (Lipinski definition) is 1. The van der Waals surface area contributed by atoms with Gasteiger partial charge >= 0.3 is 12.2 Å². The molecule has 212 valence electrons. The molecule has 37 heavy (non-hydrogen) atoms. The average Bonchev–Trinajstić information content (AvgIpc) is 2.77. The fraction of sp³-hybridized carbons (Fsp3) is 0.852. The fourth-order valence-corrected chi connectivity index (χ4v) is 4.45. The Morgan fingerprint density at radius 3 is 1.62 bits per heavy atom. The van der Waals surface area contributed by atoms with Gasteiger partial charge in [0.2, 0.25) is 5.91 Å². The minimum Gasteiger partial charge on any atom is -0.444 e. The van der Waals surface area contributed by atoms with Crippen LogP contribution in [0.4, 0.5) is 9.59 Å². The van der Waals surface area contributed by atoms with Gasteiger partial charge in [-0.05, 0) is 74.1 Å². The molecule has 0 aromatic rings. The number of likely N-dealkylation sites (tertiary alicyclic amines) is 3. The van der Waals surface area contributed by atoms with E-state index >= 15 is 0 Å². The van der Waals surface area contributed by atoms with Crippen molar-refractivity contribution in [3.63, 3.8) is 0 Å². The highest BCUT2D eigenvalue weighted by Gasteiger charge is 2.35. The van der Waals surface area contributed by atoms with Crippen molar-refractivity contribution in [2.75, 3.05) is 39.3 Å². The maximum atomic E-state index is 11.9. The van der Waals surface area contributed by atoms with Gasteiger partial charge in [-0.3, -0.25) is 9.59 Å². The Kier molecular flexibility index (Phi) is 11.2. The highest BCUT2D eigenvalue weighted by Crippen LogP contribution is 2.23. The summed E-state index contributed by atoms with van der Waals surface area (Å²) in [5.41, 5.74) is -0.880. The summed E-state index contributed by atoms with van der Waals surface area (Å²) < 4.78 is 10.7. The number of nitrogens with zero attached hydrogens (tertiary/aromatic N) is 3. The number of ketones is 1. The zero-order valence-corrected chi connectivity index (χ0v) is 23.9. The van der Waals surface area contributed by atoms with Gasteiger partial charge in [-0.1, -0.05) is 0 Å². The topological polar surface area (TPSA) is 108 Å². The van der Waals surface area contributed by atoms with Gasteiger partial charge in [0.1, 0.15) is 17.0 Å². The van der Waals surface area contributed by atoms with E-state index in [1.165, 1.54) is 0 Å². The summed E-state index contributed by atoms with van der Waals surface area (Å²) >= 11 is 0. The van der Waals surface area contributed by atoms with Gasteiger partial charge < -0.3 is 29.5 Å². The standard InChI is InChI=1S/C14H26N2O3.C13H22N2O3/c1-11(17)5-8-15-12-6-9-16(10-7-12)13(18)19-14(2,3)4;1-13(2,3)18-12(17)14-7-4-10(5-8-14)15-9-6-11(15)16/h12,15H,5-10H2,1-4H3;10H,4-9H2,1-3H3. The Hall–Kier alpha value is -2.36. The molecule has 0 atom stereocenters. The number of ether oxygens (including phenoxy) is 2. The molecule has 10 heteroatoms. The van der Waals surface area contributed by atoms with Crippen LogP contribution in [-0.2, 0) is 19.1 Å². The molecular weight excluding hydrogens is 476 g/mol. The number of carbonyl (C=O) groups is 4. The molecule has 1 N–H and O–H groups in total. The SMILES string of the molecule is CC(=O)CCNC1CCN(C(=O)OC(C)(C)C)CC1.CC(C)(C)OC(=O)N1CCC(N2CCC2=O)CC1. The average molecular weight is 525 g/mol. The van der Waals surface area contributed by atoms with Crippen LogP contribution in [-0.4, -0.2) is 101 Å². The van der Waals surface area contributed by atoms with Gasteiger partial charge in [-0.2, -0.15) is 0 Å². The van der Waals surface area contributed by atoms with Crippen molar-refractivity contribution in [1.29, 1.82) is 0 Å². The van der Waals surface area contributed by atoms with Crippen LogP contribution in [0.5, 0.6) is 0 Å². The lowest BCUT2D eigenvalue weighted by atomic mass is 9.99. The summed E-state index contributed by atoms with van der Waals surface area (Å²) in [6.45, 7) is 17.3. The number of β-lactam (4-membered cyclic amide) rings is 1. The minimum atomic E-state index is -0.443. The first kappa shape index (κ1) is 30.9. The summed E-state index contributed by atoms with van der Waals surface area (Å²) in [6.07, 6.45) is 4.36. The molecule has 0 saturated carbocycles. The number of rotatable bonds is 5. The van der Waals surface area contributed by atoms with Crippen molar-refractivity contribution in [2.24, 2.45) is 0 Å². The lowest BCUT2D eigenvalue weighted by Gasteiger charge is -2.42. The third-order valence-corrected chi connectivity index (χ3v) is 6.50. The van der Waals surface area contributed by atoms with Crippen LogP contribution < -0.4 is 5.32 Å². The highest BCUT2D eigenvalue weighted by atomic mass is 16.6. The van der Waals surface area contributed by atoms with Crippen LogP contribution >= 0.6 is 0 Å². The number of piperidine rings is 2. The Balaban J connectivity index is 0.000000260. The summed E-state index contributed by atoms with van der Waals surface area (Å²) in [6, 6.07) is 0.725. The van der Waals surface area contributed by atoms with E-state index in [0.717, 1.165) is 38.8 Å². The van der Waals surface area contributed by atoms with E-state index in [9.17, 15) is 19.2 Å². The van der Waals surface area contributed by atoms with Crippen molar-refractivity contribution < 1.29 is 28.7 Å². The first-order valence-corrected chi connectivity index (χ1v) is 13.6. The molecule has 0 bridgehead atoms. The van der Waals surface area contributed by atoms with Gasteiger partial charge in [-0.15, -0.1) is 0 Å². The smallest absolute Gasteiger partial charge is 0.410 e. The van der Waals surface area contributed by atoms with Crippen LogP contribution in [0.2, 0.25) is 0 Å². The van der Waals surface area contributed by atoms with E-state index in [-0.39, 0.29) is 23.9 Å². The van der Waals surface area contributed by atoms with E-state index in [0.29, 0.717) is 51.1 Å². The molecule has 3 saturated heterocycles. The Bertz CT molecular complexity index is 788. The van der Waals surface area contributed by atoms with Crippen molar-refractivity contribution >= 4 is 23.9 Å². The second-order valence-electron chi connectivity index (χ2n) is 12.2. The van der Waals surface area contributed by atoms with E-state index in [2.05, 4.69) is 5.32 Å². The largest absolute Gasteiger partial charge is 0.444 e. The highest BCUT2D eigenvalue weighted by molar-refractivity contribution is 5.82. The molecule has 3 heterocycles. The van der Waals surface area contributed by atoms with Gasteiger partial charge in [0, 0.05) is 64.2 Å². The second kappa shape index (κ2) is 13.4.